The highest BCUT2D eigenvalue weighted by Gasteiger charge is 2.21. The maximum absolute atomic E-state index is 13.0. The molecule has 1 aromatic rings. The van der Waals surface area contributed by atoms with Gasteiger partial charge in [0, 0.05) is 11.6 Å². The molecule has 1 rings (SSSR count). The number of carbonyl (C=O) groups is 1. The summed E-state index contributed by atoms with van der Waals surface area (Å²) < 4.78 is 13.0. The van der Waals surface area contributed by atoms with Crippen LogP contribution < -0.4 is 5.73 Å². The number of rotatable bonds is 3. The molecule has 0 radical (unpaired) electrons. The molecule has 0 spiro atoms. The predicted octanol–water partition coefficient (Wildman–Crippen LogP) is 1.91. The van der Waals surface area contributed by atoms with Crippen molar-refractivity contribution in [2.75, 3.05) is 6.54 Å². The van der Waals surface area contributed by atoms with Gasteiger partial charge in [-0.05, 0) is 30.2 Å². The van der Waals surface area contributed by atoms with E-state index in [4.69, 9.17) is 22.4 Å². The lowest BCUT2D eigenvalue weighted by Crippen LogP contribution is -2.22. The van der Waals surface area contributed by atoms with Gasteiger partial charge in [-0.25, -0.2) is 4.39 Å². The van der Waals surface area contributed by atoms with Crippen molar-refractivity contribution in [3.63, 3.8) is 0 Å². The molecule has 0 heterocycles. The van der Waals surface area contributed by atoms with Crippen LogP contribution in [0.5, 0.6) is 0 Å². The number of carboxylic acid groups (broad SMARTS) is 1. The largest absolute Gasteiger partial charge is 0.481 e. The summed E-state index contributed by atoms with van der Waals surface area (Å²) in [6.45, 7) is 1.55. The summed E-state index contributed by atoms with van der Waals surface area (Å²) in [4.78, 5) is 10.9. The first-order valence-corrected chi connectivity index (χ1v) is 4.73. The van der Waals surface area contributed by atoms with Crippen LogP contribution in [0.4, 0.5) is 4.39 Å². The van der Waals surface area contributed by atoms with Crippen LogP contribution >= 0.6 is 11.6 Å². The molecule has 3 nitrogen and oxygen atoms in total. The predicted molar refractivity (Wildman–Crippen MR) is 55.6 cm³/mol. The van der Waals surface area contributed by atoms with Crippen LogP contribution in [0.2, 0.25) is 5.02 Å². The van der Waals surface area contributed by atoms with Gasteiger partial charge in [0.15, 0.2) is 0 Å². The second-order valence-electron chi connectivity index (χ2n) is 3.23. The smallest absolute Gasteiger partial charge is 0.312 e. The van der Waals surface area contributed by atoms with E-state index in [2.05, 4.69) is 0 Å². The molecule has 0 bridgehead atoms. The van der Waals surface area contributed by atoms with E-state index in [1.807, 2.05) is 0 Å². The quantitative estimate of drug-likeness (QED) is 0.835. The average Bonchev–Trinajstić information content (AvgIpc) is 2.13. The van der Waals surface area contributed by atoms with Gasteiger partial charge in [-0.3, -0.25) is 4.79 Å². The van der Waals surface area contributed by atoms with E-state index in [-0.39, 0.29) is 11.6 Å². The summed E-state index contributed by atoms with van der Waals surface area (Å²) >= 11 is 5.75. The Bertz CT molecular complexity index is 395. The minimum atomic E-state index is -1.08. The van der Waals surface area contributed by atoms with Crippen molar-refractivity contribution in [3.05, 3.63) is 34.1 Å². The molecule has 5 heteroatoms. The first kappa shape index (κ1) is 11.9. The summed E-state index contributed by atoms with van der Waals surface area (Å²) in [5.74, 6) is -2.55. The molecule has 0 aliphatic rings. The van der Waals surface area contributed by atoms with Crippen molar-refractivity contribution in [1.29, 1.82) is 0 Å². The Morgan fingerprint density at radius 3 is 2.73 bits per heavy atom. The van der Waals surface area contributed by atoms with Crippen molar-refractivity contribution in [3.8, 4) is 0 Å². The molecule has 0 saturated heterocycles. The minimum Gasteiger partial charge on any atom is -0.481 e. The Morgan fingerprint density at radius 2 is 2.27 bits per heavy atom. The third-order valence-electron chi connectivity index (χ3n) is 2.26. The molecule has 1 aromatic carbocycles. The lowest BCUT2D eigenvalue weighted by Gasteiger charge is -2.14. The number of halogens is 2. The minimum absolute atomic E-state index is 0.0873. The Hall–Kier alpha value is -1.13. The van der Waals surface area contributed by atoms with Gasteiger partial charge in [0.05, 0.1) is 5.92 Å². The van der Waals surface area contributed by atoms with E-state index in [0.717, 1.165) is 12.1 Å². The fourth-order valence-corrected chi connectivity index (χ4v) is 1.60. The summed E-state index contributed by atoms with van der Waals surface area (Å²) in [5.41, 5.74) is 6.21. The van der Waals surface area contributed by atoms with Crippen LogP contribution in [0.15, 0.2) is 12.1 Å². The molecule has 0 aliphatic carbocycles. The highest BCUT2D eigenvalue weighted by Crippen LogP contribution is 2.26. The van der Waals surface area contributed by atoms with Crippen LogP contribution in [-0.4, -0.2) is 17.6 Å². The fraction of sp³-hybridized carbons (Fsp3) is 0.300. The number of nitrogens with two attached hydrogens (primary N) is 1. The number of carboxylic acids is 1. The second-order valence-corrected chi connectivity index (χ2v) is 3.64. The molecule has 3 N–H and O–H groups in total. The average molecular weight is 232 g/mol. The molecule has 1 atom stereocenters. The van der Waals surface area contributed by atoms with E-state index < -0.39 is 17.7 Å². The van der Waals surface area contributed by atoms with E-state index in [1.54, 1.807) is 6.92 Å². The third kappa shape index (κ3) is 2.46. The number of aliphatic carboxylic acids is 1. The third-order valence-corrected chi connectivity index (χ3v) is 2.65. The van der Waals surface area contributed by atoms with E-state index >= 15 is 0 Å². The van der Waals surface area contributed by atoms with Gasteiger partial charge < -0.3 is 10.8 Å². The van der Waals surface area contributed by atoms with E-state index in [0.29, 0.717) is 11.1 Å². The Morgan fingerprint density at radius 1 is 1.67 bits per heavy atom. The second kappa shape index (κ2) is 4.59. The van der Waals surface area contributed by atoms with Gasteiger partial charge in [0.25, 0.3) is 0 Å². The van der Waals surface area contributed by atoms with E-state index in [9.17, 15) is 9.18 Å². The Kier molecular flexibility index (Phi) is 3.66. The van der Waals surface area contributed by atoms with Crippen LogP contribution in [0.1, 0.15) is 17.0 Å². The van der Waals surface area contributed by atoms with Crippen LogP contribution in [0, 0.1) is 12.7 Å². The molecular weight excluding hydrogens is 221 g/mol. The van der Waals surface area contributed by atoms with Gasteiger partial charge >= 0.3 is 5.97 Å². The van der Waals surface area contributed by atoms with Gasteiger partial charge in [-0.1, -0.05) is 11.6 Å². The maximum atomic E-state index is 13.0. The summed E-state index contributed by atoms with van der Waals surface area (Å²) in [5, 5.41) is 9.10. The number of benzene rings is 1. The zero-order valence-corrected chi connectivity index (χ0v) is 8.88. The lowest BCUT2D eigenvalue weighted by atomic mass is 9.95. The highest BCUT2D eigenvalue weighted by atomic mass is 35.5. The van der Waals surface area contributed by atoms with Crippen LogP contribution in [0.25, 0.3) is 0 Å². The molecule has 0 aromatic heterocycles. The summed E-state index contributed by atoms with van der Waals surface area (Å²) in [7, 11) is 0. The Labute approximate surface area is 91.7 Å². The monoisotopic (exact) mass is 231 g/mol. The number of hydrogen-bond acceptors (Lipinski definition) is 2. The normalized spacial score (nSPS) is 12.5. The molecule has 1 unspecified atom stereocenters. The van der Waals surface area contributed by atoms with E-state index in [1.165, 1.54) is 0 Å². The van der Waals surface area contributed by atoms with Crippen LogP contribution in [-0.2, 0) is 4.79 Å². The van der Waals surface area contributed by atoms with Crippen molar-refractivity contribution in [1.82, 2.24) is 0 Å². The zero-order chi connectivity index (χ0) is 11.6. The van der Waals surface area contributed by atoms with Crippen molar-refractivity contribution >= 4 is 17.6 Å². The molecule has 0 fully saturated rings. The van der Waals surface area contributed by atoms with Gasteiger partial charge in [0.1, 0.15) is 5.82 Å². The molecule has 15 heavy (non-hydrogen) atoms. The molecule has 0 saturated carbocycles. The first-order valence-electron chi connectivity index (χ1n) is 4.35. The molecule has 82 valence electrons. The molecule has 0 aliphatic heterocycles. The topological polar surface area (TPSA) is 63.3 Å². The van der Waals surface area contributed by atoms with Crippen LogP contribution in [0.3, 0.4) is 0 Å². The van der Waals surface area contributed by atoms with Crippen molar-refractivity contribution < 1.29 is 14.3 Å². The number of hydrogen-bond donors (Lipinski definition) is 2. The fourth-order valence-electron chi connectivity index (χ4n) is 1.39. The summed E-state index contributed by atoms with van der Waals surface area (Å²) in [6.07, 6.45) is 0. The lowest BCUT2D eigenvalue weighted by molar-refractivity contribution is -0.138. The molecular formula is C10H11ClFNO2. The van der Waals surface area contributed by atoms with Crippen molar-refractivity contribution in [2.24, 2.45) is 5.73 Å². The molecule has 0 amide bonds. The Balaban J connectivity index is 3.28. The maximum Gasteiger partial charge on any atom is 0.312 e. The van der Waals surface area contributed by atoms with Gasteiger partial charge in [-0.15, -0.1) is 0 Å². The SMILES string of the molecule is Cc1c(Cl)cc(F)cc1C(CN)C(=O)O. The highest BCUT2D eigenvalue weighted by molar-refractivity contribution is 6.31. The first-order chi connectivity index (χ1) is 6.97. The standard InChI is InChI=1S/C10H11ClFNO2/c1-5-7(8(4-13)10(14)15)2-6(12)3-9(5)11/h2-3,8H,4,13H2,1H3,(H,14,15). The van der Waals surface area contributed by atoms with Crippen molar-refractivity contribution in [2.45, 2.75) is 12.8 Å². The van der Waals surface area contributed by atoms with Gasteiger partial charge in [0.2, 0.25) is 0 Å². The summed E-state index contributed by atoms with van der Waals surface area (Å²) in [6, 6.07) is 2.31. The van der Waals surface area contributed by atoms with Gasteiger partial charge in [-0.2, -0.15) is 0 Å². The zero-order valence-electron chi connectivity index (χ0n) is 8.13.